The maximum absolute atomic E-state index is 13.5. The van der Waals surface area contributed by atoms with Crippen LogP contribution in [0.2, 0.25) is 0 Å². The molecule has 0 radical (unpaired) electrons. The first-order chi connectivity index (χ1) is 7.98. The van der Waals surface area contributed by atoms with Gasteiger partial charge < -0.3 is 10.1 Å². The van der Waals surface area contributed by atoms with Crippen LogP contribution in [0.3, 0.4) is 0 Å². The first kappa shape index (κ1) is 12.8. The van der Waals surface area contributed by atoms with Crippen LogP contribution in [0.4, 0.5) is 10.1 Å². The largest absolute Gasteiger partial charge is 0.379 e. The summed E-state index contributed by atoms with van der Waals surface area (Å²) in [6, 6.07) is 4.96. The van der Waals surface area contributed by atoms with Crippen molar-refractivity contribution >= 4 is 21.6 Å². The summed E-state index contributed by atoms with van der Waals surface area (Å²) in [4.78, 5) is 0. The van der Waals surface area contributed by atoms with Crippen LogP contribution in [-0.4, -0.2) is 18.2 Å². The van der Waals surface area contributed by atoms with Crippen molar-refractivity contribution in [2.24, 2.45) is 0 Å². The minimum absolute atomic E-state index is 0.0428. The maximum atomic E-state index is 13.5. The standard InChI is InChI=1S/C13H17BrFNO/c1-13(2)7-6-9(17-13)8-16-12-10(14)4-3-5-11(12)15/h3-5,9,16H,6-8H2,1-2H3. The molecule has 0 spiro atoms. The van der Waals surface area contributed by atoms with E-state index in [1.54, 1.807) is 6.07 Å². The number of rotatable bonds is 3. The fraction of sp³-hybridized carbons (Fsp3) is 0.538. The van der Waals surface area contributed by atoms with Crippen LogP contribution in [0.1, 0.15) is 26.7 Å². The lowest BCUT2D eigenvalue weighted by atomic mass is 10.1. The molecule has 0 amide bonds. The first-order valence-corrected chi connectivity index (χ1v) is 6.63. The van der Waals surface area contributed by atoms with Crippen molar-refractivity contribution in [1.82, 2.24) is 0 Å². The first-order valence-electron chi connectivity index (χ1n) is 5.84. The number of halogens is 2. The van der Waals surface area contributed by atoms with E-state index in [9.17, 15) is 4.39 Å². The van der Waals surface area contributed by atoms with Gasteiger partial charge in [0.25, 0.3) is 0 Å². The average Bonchev–Trinajstić information content (AvgIpc) is 2.57. The number of hydrogen-bond acceptors (Lipinski definition) is 2. The fourth-order valence-corrected chi connectivity index (χ4v) is 2.59. The van der Waals surface area contributed by atoms with Crippen molar-refractivity contribution in [3.05, 3.63) is 28.5 Å². The number of hydrogen-bond donors (Lipinski definition) is 1. The van der Waals surface area contributed by atoms with Crippen LogP contribution in [0.15, 0.2) is 22.7 Å². The molecule has 0 aliphatic carbocycles. The van der Waals surface area contributed by atoms with Gasteiger partial charge in [-0.05, 0) is 54.8 Å². The summed E-state index contributed by atoms with van der Waals surface area (Å²) in [5.41, 5.74) is 0.472. The summed E-state index contributed by atoms with van der Waals surface area (Å²) >= 11 is 3.34. The van der Waals surface area contributed by atoms with Crippen LogP contribution < -0.4 is 5.32 Å². The molecule has 0 bridgehead atoms. The molecule has 1 aliphatic heterocycles. The lowest BCUT2D eigenvalue weighted by Crippen LogP contribution is -2.25. The van der Waals surface area contributed by atoms with Crippen LogP contribution in [-0.2, 0) is 4.74 Å². The summed E-state index contributed by atoms with van der Waals surface area (Å²) in [6.45, 7) is 4.82. The molecule has 0 aromatic heterocycles. The van der Waals surface area contributed by atoms with Crippen LogP contribution in [0.5, 0.6) is 0 Å². The lowest BCUT2D eigenvalue weighted by molar-refractivity contribution is -0.00912. The molecule has 1 aliphatic rings. The molecule has 1 saturated heterocycles. The maximum Gasteiger partial charge on any atom is 0.147 e. The molecular formula is C13H17BrFNO. The van der Waals surface area contributed by atoms with E-state index in [1.807, 2.05) is 6.07 Å². The molecular weight excluding hydrogens is 285 g/mol. The van der Waals surface area contributed by atoms with E-state index >= 15 is 0 Å². The smallest absolute Gasteiger partial charge is 0.147 e. The summed E-state index contributed by atoms with van der Waals surface area (Å²) in [7, 11) is 0. The Kier molecular flexibility index (Phi) is 3.73. The van der Waals surface area contributed by atoms with E-state index in [2.05, 4.69) is 35.1 Å². The zero-order valence-electron chi connectivity index (χ0n) is 10.1. The van der Waals surface area contributed by atoms with Crippen molar-refractivity contribution in [3.63, 3.8) is 0 Å². The topological polar surface area (TPSA) is 21.3 Å². The summed E-state index contributed by atoms with van der Waals surface area (Å²) in [6.07, 6.45) is 2.24. The number of para-hydroxylation sites is 1. The quantitative estimate of drug-likeness (QED) is 0.912. The van der Waals surface area contributed by atoms with E-state index in [1.165, 1.54) is 6.07 Å². The van der Waals surface area contributed by atoms with E-state index in [-0.39, 0.29) is 17.5 Å². The summed E-state index contributed by atoms with van der Waals surface area (Å²) in [5.74, 6) is -0.239. The van der Waals surface area contributed by atoms with Gasteiger partial charge in [0.1, 0.15) is 5.82 Å². The minimum atomic E-state index is -0.239. The third kappa shape index (κ3) is 3.19. The molecule has 1 aromatic rings. The number of ether oxygens (including phenoxy) is 1. The van der Waals surface area contributed by atoms with Gasteiger partial charge in [0.05, 0.1) is 17.4 Å². The molecule has 1 N–H and O–H groups in total. The third-order valence-electron chi connectivity index (χ3n) is 3.02. The van der Waals surface area contributed by atoms with E-state index in [0.29, 0.717) is 12.2 Å². The highest BCUT2D eigenvalue weighted by Gasteiger charge is 2.31. The van der Waals surface area contributed by atoms with Crippen molar-refractivity contribution in [1.29, 1.82) is 0 Å². The van der Waals surface area contributed by atoms with Crippen LogP contribution in [0, 0.1) is 5.82 Å². The Morgan fingerprint density at radius 2 is 2.29 bits per heavy atom. The molecule has 1 heterocycles. The van der Waals surface area contributed by atoms with Gasteiger partial charge in [0.15, 0.2) is 0 Å². The molecule has 4 heteroatoms. The van der Waals surface area contributed by atoms with Crippen molar-refractivity contribution < 1.29 is 9.13 Å². The zero-order chi connectivity index (χ0) is 12.5. The Bertz CT molecular complexity index is 388. The highest BCUT2D eigenvalue weighted by Crippen LogP contribution is 2.30. The van der Waals surface area contributed by atoms with Gasteiger partial charge in [-0.2, -0.15) is 0 Å². The van der Waals surface area contributed by atoms with Gasteiger partial charge in [-0.25, -0.2) is 4.39 Å². The molecule has 2 nitrogen and oxygen atoms in total. The lowest BCUT2D eigenvalue weighted by Gasteiger charge is -2.20. The third-order valence-corrected chi connectivity index (χ3v) is 3.68. The predicted octanol–water partition coefficient (Wildman–Crippen LogP) is 3.96. The van der Waals surface area contributed by atoms with Gasteiger partial charge in [-0.3, -0.25) is 0 Å². The normalized spacial score (nSPS) is 22.7. The van der Waals surface area contributed by atoms with Crippen LogP contribution >= 0.6 is 15.9 Å². The second kappa shape index (κ2) is 4.94. The molecule has 1 fully saturated rings. The predicted molar refractivity (Wildman–Crippen MR) is 70.8 cm³/mol. The molecule has 94 valence electrons. The molecule has 17 heavy (non-hydrogen) atoms. The average molecular weight is 302 g/mol. The molecule has 0 saturated carbocycles. The molecule has 1 atom stereocenters. The Morgan fingerprint density at radius 3 is 2.88 bits per heavy atom. The zero-order valence-corrected chi connectivity index (χ0v) is 11.7. The minimum Gasteiger partial charge on any atom is -0.379 e. The van der Waals surface area contributed by atoms with E-state index in [4.69, 9.17) is 4.74 Å². The van der Waals surface area contributed by atoms with Gasteiger partial charge in [0.2, 0.25) is 0 Å². The number of nitrogens with one attached hydrogen (secondary N) is 1. The van der Waals surface area contributed by atoms with Gasteiger partial charge in [-0.1, -0.05) is 6.07 Å². The second-order valence-corrected chi connectivity index (χ2v) is 5.87. The highest BCUT2D eigenvalue weighted by atomic mass is 79.9. The fourth-order valence-electron chi connectivity index (χ4n) is 2.10. The monoisotopic (exact) mass is 301 g/mol. The number of benzene rings is 1. The molecule has 2 rings (SSSR count). The second-order valence-electron chi connectivity index (χ2n) is 5.02. The Balaban J connectivity index is 1.95. The van der Waals surface area contributed by atoms with E-state index in [0.717, 1.165) is 17.3 Å². The summed E-state index contributed by atoms with van der Waals surface area (Å²) < 4.78 is 20.1. The molecule has 1 aromatic carbocycles. The van der Waals surface area contributed by atoms with Gasteiger partial charge in [0, 0.05) is 11.0 Å². The Hall–Kier alpha value is -0.610. The van der Waals surface area contributed by atoms with E-state index < -0.39 is 0 Å². The van der Waals surface area contributed by atoms with Gasteiger partial charge in [-0.15, -0.1) is 0 Å². The summed E-state index contributed by atoms with van der Waals surface area (Å²) in [5, 5.41) is 3.11. The Morgan fingerprint density at radius 1 is 1.53 bits per heavy atom. The van der Waals surface area contributed by atoms with Crippen molar-refractivity contribution in [2.45, 2.75) is 38.4 Å². The van der Waals surface area contributed by atoms with Crippen molar-refractivity contribution in [3.8, 4) is 0 Å². The SMILES string of the molecule is CC1(C)CCC(CNc2c(F)cccc2Br)O1. The Labute approximate surface area is 110 Å². The van der Waals surface area contributed by atoms with Crippen molar-refractivity contribution in [2.75, 3.05) is 11.9 Å². The number of anilines is 1. The van der Waals surface area contributed by atoms with Crippen LogP contribution in [0.25, 0.3) is 0 Å². The van der Waals surface area contributed by atoms with Gasteiger partial charge >= 0.3 is 0 Å². The molecule has 1 unspecified atom stereocenters. The highest BCUT2D eigenvalue weighted by molar-refractivity contribution is 9.10.